The van der Waals surface area contributed by atoms with Crippen LogP contribution in [0.2, 0.25) is 0 Å². The molecule has 6 nitrogen and oxygen atoms in total. The second-order valence-electron chi connectivity index (χ2n) is 7.66. The van der Waals surface area contributed by atoms with E-state index in [0.717, 1.165) is 6.42 Å². The predicted molar refractivity (Wildman–Crippen MR) is 116 cm³/mol. The third-order valence-electron chi connectivity index (χ3n) is 5.47. The van der Waals surface area contributed by atoms with Crippen LogP contribution in [0.3, 0.4) is 0 Å². The van der Waals surface area contributed by atoms with Crippen molar-refractivity contribution in [2.75, 3.05) is 33.7 Å². The first-order valence-electron chi connectivity index (χ1n) is 9.89. The molecule has 2 aromatic rings. The van der Waals surface area contributed by atoms with Crippen molar-refractivity contribution in [2.24, 2.45) is 5.92 Å². The van der Waals surface area contributed by atoms with E-state index in [1.54, 1.807) is 17.5 Å². The van der Waals surface area contributed by atoms with E-state index >= 15 is 0 Å². The van der Waals surface area contributed by atoms with Crippen molar-refractivity contribution in [3.8, 4) is 0 Å². The Kier molecular flexibility index (Phi) is 7.45. The monoisotopic (exact) mass is 435 g/mol. The van der Waals surface area contributed by atoms with E-state index in [-0.39, 0.29) is 17.9 Å². The highest BCUT2D eigenvalue weighted by atomic mass is 32.2. The summed E-state index contributed by atoms with van der Waals surface area (Å²) in [6, 6.07) is 13.8. The number of nitrogens with zero attached hydrogens (tertiary/aromatic N) is 2. The second kappa shape index (κ2) is 9.84. The Bertz CT molecular complexity index is 875. The normalized spacial score (nSPS) is 17.3. The predicted octanol–water partition coefficient (Wildman–Crippen LogP) is 2.44. The van der Waals surface area contributed by atoms with Crippen LogP contribution in [-0.2, 0) is 21.2 Å². The molecule has 0 spiro atoms. The molecular weight excluding hydrogens is 406 g/mol. The minimum absolute atomic E-state index is 0.0260. The van der Waals surface area contributed by atoms with Gasteiger partial charge in [0.15, 0.2) is 0 Å². The van der Waals surface area contributed by atoms with Crippen LogP contribution in [0.15, 0.2) is 52.1 Å². The number of hydrogen-bond donors (Lipinski definition) is 1. The van der Waals surface area contributed by atoms with E-state index in [0.29, 0.717) is 36.7 Å². The van der Waals surface area contributed by atoms with Crippen LogP contribution < -0.4 is 5.32 Å². The molecule has 0 bridgehead atoms. The maximum absolute atomic E-state index is 12.7. The smallest absolute Gasteiger partial charge is 0.252 e. The quantitative estimate of drug-likeness (QED) is 0.691. The first kappa shape index (κ1) is 22.0. The van der Waals surface area contributed by atoms with Gasteiger partial charge in [0.05, 0.1) is 0 Å². The molecule has 0 radical (unpaired) electrons. The van der Waals surface area contributed by atoms with E-state index in [1.807, 2.05) is 32.3 Å². The molecule has 1 atom stereocenters. The lowest BCUT2D eigenvalue weighted by Gasteiger charge is -2.31. The molecule has 1 aromatic heterocycles. The van der Waals surface area contributed by atoms with E-state index in [9.17, 15) is 13.2 Å². The van der Waals surface area contributed by atoms with Crippen molar-refractivity contribution in [3.05, 3.63) is 53.4 Å². The number of benzene rings is 1. The number of thiophene rings is 1. The van der Waals surface area contributed by atoms with Gasteiger partial charge in [0.2, 0.25) is 5.91 Å². The first-order chi connectivity index (χ1) is 13.9. The molecule has 158 valence electrons. The molecule has 29 heavy (non-hydrogen) atoms. The highest BCUT2D eigenvalue weighted by Crippen LogP contribution is 2.26. The fourth-order valence-corrected chi connectivity index (χ4v) is 6.20. The minimum Gasteiger partial charge on any atom is -0.354 e. The van der Waals surface area contributed by atoms with Gasteiger partial charge in [-0.25, -0.2) is 8.42 Å². The average Bonchev–Trinajstić information content (AvgIpc) is 3.27. The van der Waals surface area contributed by atoms with Crippen LogP contribution in [0.1, 0.15) is 18.4 Å². The Hall–Kier alpha value is -1.74. The molecule has 1 saturated heterocycles. The number of nitrogens with one attached hydrogen (secondary N) is 1. The van der Waals surface area contributed by atoms with Gasteiger partial charge in [-0.05, 0) is 50.4 Å². The molecule has 1 amide bonds. The van der Waals surface area contributed by atoms with Crippen molar-refractivity contribution in [1.29, 1.82) is 0 Å². The van der Waals surface area contributed by atoms with E-state index in [1.165, 1.54) is 21.2 Å². The Morgan fingerprint density at radius 3 is 2.45 bits per heavy atom. The molecule has 1 aliphatic rings. The number of rotatable bonds is 8. The van der Waals surface area contributed by atoms with Crippen LogP contribution in [-0.4, -0.2) is 63.3 Å². The molecule has 3 rings (SSSR count). The molecule has 0 saturated carbocycles. The standard InChI is InChI=1S/C21H29N3O3S2/c1-23(2)19(15-17-7-4-3-5-8-17)16-22-21(25)18-10-12-24(13-11-18)29(26,27)20-9-6-14-28-20/h3-9,14,18-19H,10-13,15-16H2,1-2H3,(H,22,25). The van der Waals surface area contributed by atoms with Gasteiger partial charge in [-0.1, -0.05) is 36.4 Å². The first-order valence-corrected chi connectivity index (χ1v) is 12.2. The zero-order valence-electron chi connectivity index (χ0n) is 17.0. The van der Waals surface area contributed by atoms with Crippen molar-refractivity contribution in [1.82, 2.24) is 14.5 Å². The molecular formula is C21H29N3O3S2. The van der Waals surface area contributed by atoms with Gasteiger partial charge in [0.25, 0.3) is 10.0 Å². The fraction of sp³-hybridized carbons (Fsp3) is 0.476. The van der Waals surface area contributed by atoms with Crippen molar-refractivity contribution in [3.63, 3.8) is 0 Å². The third kappa shape index (κ3) is 5.66. The second-order valence-corrected chi connectivity index (χ2v) is 10.8. The zero-order valence-corrected chi connectivity index (χ0v) is 18.6. The minimum atomic E-state index is -3.43. The summed E-state index contributed by atoms with van der Waals surface area (Å²) in [5.41, 5.74) is 1.24. The van der Waals surface area contributed by atoms with E-state index < -0.39 is 10.0 Å². The number of piperidine rings is 1. The maximum Gasteiger partial charge on any atom is 0.252 e. The lowest BCUT2D eigenvalue weighted by molar-refractivity contribution is -0.126. The van der Waals surface area contributed by atoms with Gasteiger partial charge >= 0.3 is 0 Å². The largest absolute Gasteiger partial charge is 0.354 e. The summed E-state index contributed by atoms with van der Waals surface area (Å²) in [4.78, 5) is 14.8. The molecule has 1 aromatic carbocycles. The Morgan fingerprint density at radius 1 is 1.17 bits per heavy atom. The molecule has 1 fully saturated rings. The van der Waals surface area contributed by atoms with Crippen LogP contribution in [0.4, 0.5) is 0 Å². The Balaban J connectivity index is 1.50. The number of carbonyl (C=O) groups is 1. The fourth-order valence-electron chi connectivity index (χ4n) is 3.58. The Labute approximate surface area is 177 Å². The number of likely N-dealkylation sites (N-methyl/N-ethyl adjacent to an activating group) is 1. The van der Waals surface area contributed by atoms with Crippen molar-refractivity contribution >= 4 is 27.3 Å². The molecule has 1 N–H and O–H groups in total. The van der Waals surface area contributed by atoms with Crippen molar-refractivity contribution in [2.45, 2.75) is 29.5 Å². The number of amides is 1. The van der Waals surface area contributed by atoms with E-state index in [2.05, 4.69) is 22.3 Å². The number of sulfonamides is 1. The summed E-state index contributed by atoms with van der Waals surface area (Å²) in [5.74, 6) is -0.109. The molecule has 2 heterocycles. The SMILES string of the molecule is CN(C)C(CNC(=O)C1CCN(S(=O)(=O)c2cccs2)CC1)Cc1ccccc1. The Morgan fingerprint density at radius 2 is 1.86 bits per heavy atom. The molecule has 1 unspecified atom stereocenters. The van der Waals surface area contributed by atoms with Gasteiger partial charge < -0.3 is 10.2 Å². The van der Waals surface area contributed by atoms with Gasteiger partial charge in [0.1, 0.15) is 4.21 Å². The highest BCUT2D eigenvalue weighted by molar-refractivity contribution is 7.91. The topological polar surface area (TPSA) is 69.7 Å². The van der Waals surface area contributed by atoms with E-state index in [4.69, 9.17) is 0 Å². The summed E-state index contributed by atoms with van der Waals surface area (Å²) < 4.78 is 27.1. The zero-order chi connectivity index (χ0) is 20.9. The number of carbonyl (C=O) groups excluding carboxylic acids is 1. The van der Waals surface area contributed by atoms with Gasteiger partial charge in [0, 0.05) is 31.6 Å². The summed E-state index contributed by atoms with van der Waals surface area (Å²) in [5, 5.41) is 4.86. The lowest BCUT2D eigenvalue weighted by atomic mass is 9.97. The molecule has 8 heteroatoms. The van der Waals surface area contributed by atoms with Crippen molar-refractivity contribution < 1.29 is 13.2 Å². The third-order valence-corrected chi connectivity index (χ3v) is 8.74. The van der Waals surface area contributed by atoms with Crippen LogP contribution >= 0.6 is 11.3 Å². The molecule has 1 aliphatic heterocycles. The number of hydrogen-bond acceptors (Lipinski definition) is 5. The maximum atomic E-state index is 12.7. The lowest BCUT2D eigenvalue weighted by Crippen LogP contribution is -2.46. The van der Waals surface area contributed by atoms with Gasteiger partial charge in [-0.2, -0.15) is 4.31 Å². The van der Waals surface area contributed by atoms with Crippen LogP contribution in [0.25, 0.3) is 0 Å². The van der Waals surface area contributed by atoms with Gasteiger partial charge in [-0.3, -0.25) is 4.79 Å². The van der Waals surface area contributed by atoms with Gasteiger partial charge in [-0.15, -0.1) is 11.3 Å². The summed E-state index contributed by atoms with van der Waals surface area (Å²) in [6.07, 6.45) is 1.98. The summed E-state index contributed by atoms with van der Waals surface area (Å²) in [6.45, 7) is 1.35. The molecule has 0 aliphatic carbocycles. The summed E-state index contributed by atoms with van der Waals surface area (Å²) in [7, 11) is 0.617. The van der Waals surface area contributed by atoms with Crippen LogP contribution in [0, 0.1) is 5.92 Å². The van der Waals surface area contributed by atoms with Crippen LogP contribution in [0.5, 0.6) is 0 Å². The summed E-state index contributed by atoms with van der Waals surface area (Å²) >= 11 is 1.23. The highest BCUT2D eigenvalue weighted by Gasteiger charge is 2.32. The average molecular weight is 436 g/mol.